The van der Waals surface area contributed by atoms with Gasteiger partial charge in [-0.1, -0.05) is 29.3 Å². The van der Waals surface area contributed by atoms with E-state index in [0.717, 1.165) is 5.56 Å². The van der Waals surface area contributed by atoms with Crippen LogP contribution in [0.3, 0.4) is 0 Å². The molecule has 2 aromatic rings. The molecule has 2 aromatic carbocycles. The number of nitrogens with one attached hydrogen (secondary N) is 1. The molecule has 0 saturated carbocycles. The van der Waals surface area contributed by atoms with E-state index in [-0.39, 0.29) is 13.2 Å². The Labute approximate surface area is 128 Å². The third-order valence-electron chi connectivity index (χ3n) is 2.92. The third kappa shape index (κ3) is 4.92. The van der Waals surface area contributed by atoms with Crippen LogP contribution in [0.5, 0.6) is 5.75 Å². The van der Waals surface area contributed by atoms with Gasteiger partial charge < -0.3 is 15.2 Å². The fourth-order valence-corrected chi connectivity index (χ4v) is 1.91. The van der Waals surface area contributed by atoms with Crippen LogP contribution in [0.4, 0.5) is 10.1 Å². The Bertz CT molecular complexity index is 589. The molecule has 5 heteroatoms. The summed E-state index contributed by atoms with van der Waals surface area (Å²) in [6.07, 6.45) is -0.749. The highest BCUT2D eigenvalue weighted by Crippen LogP contribution is 2.18. The Hall–Kier alpha value is -1.78. The standard InChI is InChI=1S/C16H17ClFNO2/c1-11-2-5-14(6-3-11)21-10-13(20)9-19-16-7-4-12(17)8-15(16)18/h2-8,13,19-20H,9-10H2,1H3. The summed E-state index contributed by atoms with van der Waals surface area (Å²) in [6, 6.07) is 11.9. The van der Waals surface area contributed by atoms with Crippen molar-refractivity contribution in [2.45, 2.75) is 13.0 Å². The molecule has 21 heavy (non-hydrogen) atoms. The highest BCUT2D eigenvalue weighted by molar-refractivity contribution is 6.30. The van der Waals surface area contributed by atoms with Crippen LogP contribution in [0, 0.1) is 12.7 Å². The second-order valence-electron chi connectivity index (χ2n) is 4.78. The first kappa shape index (κ1) is 15.6. The maximum Gasteiger partial charge on any atom is 0.147 e. The number of aryl methyl sites for hydroxylation is 1. The van der Waals surface area contributed by atoms with E-state index in [4.69, 9.17) is 16.3 Å². The van der Waals surface area contributed by atoms with Crippen LogP contribution in [-0.4, -0.2) is 24.4 Å². The zero-order valence-electron chi connectivity index (χ0n) is 11.6. The van der Waals surface area contributed by atoms with E-state index in [2.05, 4.69) is 5.32 Å². The number of rotatable bonds is 6. The van der Waals surface area contributed by atoms with Crippen molar-refractivity contribution in [1.29, 1.82) is 0 Å². The molecule has 0 saturated heterocycles. The van der Waals surface area contributed by atoms with Crippen molar-refractivity contribution < 1.29 is 14.2 Å². The molecular weight excluding hydrogens is 293 g/mol. The molecule has 2 N–H and O–H groups in total. The molecule has 0 heterocycles. The van der Waals surface area contributed by atoms with Crippen molar-refractivity contribution >= 4 is 17.3 Å². The highest BCUT2D eigenvalue weighted by atomic mass is 35.5. The number of ether oxygens (including phenoxy) is 1. The number of aliphatic hydroxyl groups is 1. The molecule has 0 spiro atoms. The lowest BCUT2D eigenvalue weighted by Crippen LogP contribution is -2.26. The first-order valence-electron chi connectivity index (χ1n) is 6.61. The molecule has 112 valence electrons. The molecule has 0 radical (unpaired) electrons. The Balaban J connectivity index is 1.79. The lowest BCUT2D eigenvalue weighted by molar-refractivity contribution is 0.117. The van der Waals surface area contributed by atoms with Crippen LogP contribution in [0.1, 0.15) is 5.56 Å². The van der Waals surface area contributed by atoms with Gasteiger partial charge in [0.15, 0.2) is 0 Å². The largest absolute Gasteiger partial charge is 0.491 e. The number of halogens is 2. The quantitative estimate of drug-likeness (QED) is 0.856. The van der Waals surface area contributed by atoms with Crippen LogP contribution in [0.2, 0.25) is 5.02 Å². The predicted molar refractivity (Wildman–Crippen MR) is 82.6 cm³/mol. The molecule has 0 bridgehead atoms. The lowest BCUT2D eigenvalue weighted by atomic mass is 10.2. The van der Waals surface area contributed by atoms with E-state index in [1.165, 1.54) is 12.1 Å². The van der Waals surface area contributed by atoms with Gasteiger partial charge in [0.1, 0.15) is 24.3 Å². The minimum absolute atomic E-state index is 0.130. The molecule has 0 aliphatic heterocycles. The molecule has 0 aliphatic carbocycles. The Morgan fingerprint density at radius 3 is 2.62 bits per heavy atom. The van der Waals surface area contributed by atoms with Gasteiger partial charge in [-0.3, -0.25) is 0 Å². The molecule has 3 nitrogen and oxygen atoms in total. The summed E-state index contributed by atoms with van der Waals surface area (Å²) in [5.74, 6) is 0.242. The summed E-state index contributed by atoms with van der Waals surface area (Å²) < 4.78 is 19.0. The van der Waals surface area contributed by atoms with Gasteiger partial charge in [-0.05, 0) is 37.3 Å². The van der Waals surface area contributed by atoms with Crippen LogP contribution in [-0.2, 0) is 0 Å². The molecular formula is C16H17ClFNO2. The molecule has 0 aliphatic rings. The smallest absolute Gasteiger partial charge is 0.147 e. The highest BCUT2D eigenvalue weighted by Gasteiger charge is 2.08. The molecule has 0 amide bonds. The second kappa shape index (κ2) is 7.29. The average molecular weight is 310 g/mol. The van der Waals surface area contributed by atoms with Crippen LogP contribution in [0.25, 0.3) is 0 Å². The maximum absolute atomic E-state index is 13.5. The zero-order chi connectivity index (χ0) is 15.2. The molecule has 0 fully saturated rings. The summed E-state index contributed by atoms with van der Waals surface area (Å²) in [4.78, 5) is 0. The molecule has 1 unspecified atom stereocenters. The maximum atomic E-state index is 13.5. The van der Waals surface area contributed by atoms with Crippen molar-refractivity contribution in [3.05, 3.63) is 58.9 Å². The minimum atomic E-state index is -0.749. The van der Waals surface area contributed by atoms with E-state index >= 15 is 0 Å². The predicted octanol–water partition coefficient (Wildman–Crippen LogP) is 3.64. The summed E-state index contributed by atoms with van der Waals surface area (Å²) in [5, 5.41) is 13.0. The lowest BCUT2D eigenvalue weighted by Gasteiger charge is -2.14. The minimum Gasteiger partial charge on any atom is -0.491 e. The van der Waals surface area contributed by atoms with Crippen LogP contribution in [0.15, 0.2) is 42.5 Å². The van der Waals surface area contributed by atoms with Gasteiger partial charge >= 0.3 is 0 Å². The number of anilines is 1. The topological polar surface area (TPSA) is 41.5 Å². The molecule has 2 rings (SSSR count). The first-order valence-corrected chi connectivity index (χ1v) is 6.99. The molecule has 0 aromatic heterocycles. The first-order chi connectivity index (χ1) is 10.0. The van der Waals surface area contributed by atoms with Gasteiger partial charge in [-0.15, -0.1) is 0 Å². The summed E-state index contributed by atoms with van der Waals surface area (Å²) in [5.41, 5.74) is 1.44. The van der Waals surface area contributed by atoms with Gasteiger partial charge in [0.05, 0.1) is 5.69 Å². The van der Waals surface area contributed by atoms with Crippen LogP contribution < -0.4 is 10.1 Å². The summed E-state index contributed by atoms with van der Waals surface area (Å²) >= 11 is 5.67. The van der Waals surface area contributed by atoms with Gasteiger partial charge in [0, 0.05) is 11.6 Å². The summed E-state index contributed by atoms with van der Waals surface area (Å²) in [6.45, 7) is 2.30. The normalized spacial score (nSPS) is 12.0. The van der Waals surface area contributed by atoms with Crippen molar-refractivity contribution in [3.8, 4) is 5.75 Å². The number of hydrogen-bond acceptors (Lipinski definition) is 3. The van der Waals surface area contributed by atoms with Gasteiger partial charge in [0.25, 0.3) is 0 Å². The number of hydrogen-bond donors (Lipinski definition) is 2. The third-order valence-corrected chi connectivity index (χ3v) is 3.16. The van der Waals surface area contributed by atoms with Crippen LogP contribution >= 0.6 is 11.6 Å². The average Bonchev–Trinajstić information content (AvgIpc) is 2.46. The van der Waals surface area contributed by atoms with Gasteiger partial charge in [-0.25, -0.2) is 4.39 Å². The van der Waals surface area contributed by atoms with Gasteiger partial charge in [-0.2, -0.15) is 0 Å². The summed E-state index contributed by atoms with van der Waals surface area (Å²) in [7, 11) is 0. The monoisotopic (exact) mass is 309 g/mol. The second-order valence-corrected chi connectivity index (χ2v) is 5.22. The molecule has 1 atom stereocenters. The number of benzene rings is 2. The van der Waals surface area contributed by atoms with E-state index in [0.29, 0.717) is 16.5 Å². The van der Waals surface area contributed by atoms with Gasteiger partial charge in [0.2, 0.25) is 0 Å². The van der Waals surface area contributed by atoms with Crippen molar-refractivity contribution in [3.63, 3.8) is 0 Å². The Morgan fingerprint density at radius 2 is 1.95 bits per heavy atom. The van der Waals surface area contributed by atoms with E-state index in [9.17, 15) is 9.50 Å². The Kier molecular flexibility index (Phi) is 5.42. The van der Waals surface area contributed by atoms with Crippen molar-refractivity contribution in [2.24, 2.45) is 0 Å². The fraction of sp³-hybridized carbons (Fsp3) is 0.250. The Morgan fingerprint density at radius 1 is 1.24 bits per heavy atom. The van der Waals surface area contributed by atoms with Crippen molar-refractivity contribution in [2.75, 3.05) is 18.5 Å². The van der Waals surface area contributed by atoms with E-state index < -0.39 is 11.9 Å². The van der Waals surface area contributed by atoms with E-state index in [1.807, 2.05) is 31.2 Å². The fourth-order valence-electron chi connectivity index (χ4n) is 1.75. The zero-order valence-corrected chi connectivity index (χ0v) is 12.4. The van der Waals surface area contributed by atoms with E-state index in [1.54, 1.807) is 6.07 Å². The number of aliphatic hydroxyl groups excluding tert-OH is 1. The van der Waals surface area contributed by atoms with Crippen molar-refractivity contribution in [1.82, 2.24) is 0 Å². The SMILES string of the molecule is Cc1ccc(OCC(O)CNc2ccc(Cl)cc2F)cc1.